The third-order valence-electron chi connectivity index (χ3n) is 5.88. The highest BCUT2D eigenvalue weighted by Crippen LogP contribution is 2.44. The van der Waals surface area contributed by atoms with Gasteiger partial charge in [-0.1, -0.05) is 50.6 Å². The van der Waals surface area contributed by atoms with Crippen molar-refractivity contribution in [2.45, 2.75) is 58.2 Å². The summed E-state index contributed by atoms with van der Waals surface area (Å²) in [4.78, 5) is 37.0. The molecule has 2 aliphatic rings. The van der Waals surface area contributed by atoms with E-state index in [-0.39, 0.29) is 25.1 Å². The van der Waals surface area contributed by atoms with Gasteiger partial charge < -0.3 is 10.1 Å². The van der Waals surface area contributed by atoms with Crippen molar-refractivity contribution in [1.82, 2.24) is 10.6 Å². The number of carbonyl (C=O) groups is 3. The van der Waals surface area contributed by atoms with E-state index in [0.29, 0.717) is 5.92 Å². The molecule has 3 rings (SSSR count). The Bertz CT molecular complexity index is 704. The van der Waals surface area contributed by atoms with E-state index in [1.165, 1.54) is 19.3 Å². The van der Waals surface area contributed by atoms with Crippen molar-refractivity contribution < 1.29 is 19.1 Å². The Kier molecular flexibility index (Phi) is 6.83. The summed E-state index contributed by atoms with van der Waals surface area (Å²) in [7, 11) is 0. The quantitative estimate of drug-likeness (QED) is 0.662. The van der Waals surface area contributed by atoms with Crippen LogP contribution in [0.5, 0.6) is 0 Å². The molecule has 2 fully saturated rings. The molecule has 1 radical (unpaired) electrons. The lowest BCUT2D eigenvalue weighted by Gasteiger charge is -2.22. The Morgan fingerprint density at radius 1 is 1.14 bits per heavy atom. The van der Waals surface area contributed by atoms with Crippen LogP contribution in [-0.2, 0) is 20.9 Å². The highest BCUT2D eigenvalue weighted by Gasteiger charge is 2.40. The molecule has 151 valence electrons. The lowest BCUT2D eigenvalue weighted by atomic mass is 9.94. The number of rotatable bonds is 9. The van der Waals surface area contributed by atoms with Gasteiger partial charge in [0.25, 0.3) is 0 Å². The lowest BCUT2D eigenvalue weighted by molar-refractivity contribution is -0.138. The second-order valence-corrected chi connectivity index (χ2v) is 8.30. The van der Waals surface area contributed by atoms with Gasteiger partial charge in [-0.2, -0.15) is 0 Å². The Morgan fingerprint density at radius 3 is 2.50 bits per heavy atom. The smallest absolute Gasteiger partial charge is 0.408 e. The molecule has 2 saturated carbocycles. The summed E-state index contributed by atoms with van der Waals surface area (Å²) in [5.74, 6) is -0.0273. The van der Waals surface area contributed by atoms with Crippen LogP contribution >= 0.6 is 0 Å². The molecule has 4 atom stereocenters. The first-order valence-corrected chi connectivity index (χ1v) is 10.1. The fourth-order valence-electron chi connectivity index (χ4n) is 4.31. The van der Waals surface area contributed by atoms with E-state index in [1.807, 2.05) is 30.3 Å². The van der Waals surface area contributed by atoms with E-state index >= 15 is 0 Å². The first-order valence-electron chi connectivity index (χ1n) is 10.1. The Hall–Kier alpha value is -2.21. The predicted molar refractivity (Wildman–Crippen MR) is 105 cm³/mol. The van der Waals surface area contributed by atoms with Crippen LogP contribution in [0.15, 0.2) is 30.3 Å². The normalized spacial score (nSPS) is 24.2. The van der Waals surface area contributed by atoms with E-state index in [9.17, 15) is 14.4 Å². The number of ether oxygens (including phenoxy) is 1. The fraction of sp³-hybridized carbons (Fsp3) is 0.591. The van der Waals surface area contributed by atoms with Crippen LogP contribution < -0.4 is 10.6 Å². The van der Waals surface area contributed by atoms with Gasteiger partial charge in [0.1, 0.15) is 12.6 Å². The molecule has 0 aromatic heterocycles. The fourth-order valence-corrected chi connectivity index (χ4v) is 4.31. The van der Waals surface area contributed by atoms with Gasteiger partial charge in [0.15, 0.2) is 0 Å². The van der Waals surface area contributed by atoms with E-state index < -0.39 is 23.7 Å². The van der Waals surface area contributed by atoms with Gasteiger partial charge in [0.2, 0.25) is 11.6 Å². The molecule has 6 heteroatoms. The molecule has 3 unspecified atom stereocenters. The zero-order chi connectivity index (χ0) is 20.1. The van der Waals surface area contributed by atoms with Gasteiger partial charge in [0, 0.05) is 6.04 Å². The molecule has 1 aromatic carbocycles. The monoisotopic (exact) mass is 385 g/mol. The Morgan fingerprint density at radius 2 is 1.89 bits per heavy atom. The number of ketones is 2. The van der Waals surface area contributed by atoms with Crippen LogP contribution in [0, 0.1) is 17.8 Å². The molecule has 1 amide bonds. The zero-order valence-electron chi connectivity index (χ0n) is 16.6. The van der Waals surface area contributed by atoms with Gasteiger partial charge >= 0.3 is 6.09 Å². The molecule has 2 bridgehead atoms. The van der Waals surface area contributed by atoms with Crippen molar-refractivity contribution in [3.8, 4) is 0 Å². The maximum absolute atomic E-state index is 12.6. The first kappa shape index (κ1) is 20.5. The van der Waals surface area contributed by atoms with Crippen LogP contribution in [0.1, 0.15) is 45.1 Å². The van der Waals surface area contributed by atoms with Crippen molar-refractivity contribution in [1.29, 1.82) is 0 Å². The minimum absolute atomic E-state index is 0.0866. The maximum Gasteiger partial charge on any atom is 0.408 e. The van der Waals surface area contributed by atoms with Gasteiger partial charge in [-0.15, -0.1) is 0 Å². The maximum atomic E-state index is 12.6. The van der Waals surface area contributed by atoms with Crippen LogP contribution in [0.3, 0.4) is 0 Å². The summed E-state index contributed by atoms with van der Waals surface area (Å²) in [6.45, 7) is 3.61. The zero-order valence-corrected chi connectivity index (χ0v) is 16.6. The second-order valence-electron chi connectivity index (χ2n) is 8.30. The standard InChI is InChI=1S/C22H29N2O4/c1-14(2)20(24-22(27)28-13-15-6-4-3-5-7-15)21(26)19(25)12-23-18-11-16-8-9-17(18)10-16/h3-7,14,16-18,20H,8-13H2,1-2H3,(H,24,27)/t16?,17?,18?,20-/m0/s1. The van der Waals surface area contributed by atoms with Crippen molar-refractivity contribution in [3.05, 3.63) is 35.9 Å². The average molecular weight is 385 g/mol. The summed E-state index contributed by atoms with van der Waals surface area (Å²) in [5.41, 5.74) is 0.853. The number of carbonyl (C=O) groups excluding carboxylic acids is 3. The molecule has 0 saturated heterocycles. The molecule has 2 aliphatic carbocycles. The van der Waals surface area contributed by atoms with E-state index in [1.54, 1.807) is 13.8 Å². The summed E-state index contributed by atoms with van der Waals surface area (Å²) < 4.78 is 5.18. The van der Waals surface area contributed by atoms with Crippen LogP contribution in [0.2, 0.25) is 0 Å². The summed E-state index contributed by atoms with van der Waals surface area (Å²) in [6.07, 6.45) is 4.01. The van der Waals surface area contributed by atoms with E-state index in [0.717, 1.165) is 17.9 Å². The number of fused-ring (bicyclic) bond motifs is 2. The lowest BCUT2D eigenvalue weighted by Crippen LogP contribution is -2.49. The van der Waals surface area contributed by atoms with Crippen molar-refractivity contribution in [2.75, 3.05) is 6.54 Å². The number of Topliss-reactive ketones (excluding diaryl/α,β-unsaturated/α-hetero) is 2. The average Bonchev–Trinajstić information content (AvgIpc) is 3.32. The summed E-state index contributed by atoms with van der Waals surface area (Å²) >= 11 is 0. The Labute approximate surface area is 166 Å². The molecular weight excluding hydrogens is 356 g/mol. The molecule has 0 spiro atoms. The van der Waals surface area contributed by atoms with Crippen molar-refractivity contribution in [3.63, 3.8) is 0 Å². The van der Waals surface area contributed by atoms with Gasteiger partial charge in [-0.05, 0) is 42.6 Å². The largest absolute Gasteiger partial charge is 0.445 e. The Balaban J connectivity index is 1.47. The van der Waals surface area contributed by atoms with E-state index in [2.05, 4.69) is 10.6 Å². The molecule has 1 N–H and O–H groups in total. The van der Waals surface area contributed by atoms with Gasteiger partial charge in [-0.3, -0.25) is 9.59 Å². The van der Waals surface area contributed by atoms with Gasteiger partial charge in [0.05, 0.1) is 6.54 Å². The topological polar surface area (TPSA) is 86.6 Å². The number of amides is 1. The van der Waals surface area contributed by atoms with Crippen LogP contribution in [-0.4, -0.2) is 36.3 Å². The van der Waals surface area contributed by atoms with E-state index in [4.69, 9.17) is 4.74 Å². The minimum atomic E-state index is -0.897. The molecule has 0 aliphatic heterocycles. The molecular formula is C22H29N2O4. The number of hydrogen-bond donors (Lipinski definition) is 1. The highest BCUT2D eigenvalue weighted by molar-refractivity contribution is 6.40. The number of hydrogen-bond acceptors (Lipinski definition) is 4. The predicted octanol–water partition coefficient (Wildman–Crippen LogP) is 2.87. The first-order chi connectivity index (χ1) is 13.4. The summed E-state index contributed by atoms with van der Waals surface area (Å²) in [5, 5.41) is 7.06. The SMILES string of the molecule is CC(C)[C@H](NC(=O)OCc1ccccc1)C(=O)C(=O)C[N]C1CC2CCC1C2. The number of nitrogens with one attached hydrogen (secondary N) is 1. The molecule has 6 nitrogen and oxygen atoms in total. The third-order valence-corrected chi connectivity index (χ3v) is 5.88. The number of nitrogens with zero attached hydrogens (tertiary/aromatic N) is 1. The minimum Gasteiger partial charge on any atom is -0.445 e. The van der Waals surface area contributed by atoms with Gasteiger partial charge in [-0.25, -0.2) is 10.1 Å². The number of alkyl carbamates (subject to hydrolysis) is 1. The van der Waals surface area contributed by atoms with Crippen molar-refractivity contribution >= 4 is 17.7 Å². The summed E-state index contributed by atoms with van der Waals surface area (Å²) in [6, 6.07) is 8.61. The van der Waals surface area contributed by atoms with Crippen LogP contribution in [0.4, 0.5) is 4.79 Å². The third kappa shape index (κ3) is 5.19. The highest BCUT2D eigenvalue weighted by atomic mass is 16.5. The number of benzene rings is 1. The van der Waals surface area contributed by atoms with Crippen molar-refractivity contribution in [2.24, 2.45) is 17.8 Å². The molecule has 28 heavy (non-hydrogen) atoms. The second kappa shape index (κ2) is 9.32. The molecule has 0 heterocycles. The van der Waals surface area contributed by atoms with Crippen LogP contribution in [0.25, 0.3) is 0 Å². The molecule has 1 aromatic rings.